The Kier molecular flexibility index (Phi) is 6.01. The van der Waals surface area contributed by atoms with Gasteiger partial charge in [0.25, 0.3) is 0 Å². The van der Waals surface area contributed by atoms with E-state index in [1.165, 1.54) is 0 Å². The number of nitrogens with zero attached hydrogens (tertiary/aromatic N) is 1. The van der Waals surface area contributed by atoms with E-state index >= 15 is 0 Å². The molecule has 2 aromatic rings. The monoisotopic (exact) mass is 294 g/mol. The maximum Gasteiger partial charge on any atom is 0.221 e. The fourth-order valence-electron chi connectivity index (χ4n) is 1.83. The van der Waals surface area contributed by atoms with Gasteiger partial charge in [-0.3, -0.25) is 9.78 Å². The summed E-state index contributed by atoms with van der Waals surface area (Å²) in [4.78, 5) is 15.6. The van der Waals surface area contributed by atoms with E-state index in [2.05, 4.69) is 28.7 Å². The Labute approximate surface area is 130 Å². The second kappa shape index (κ2) is 8.48. The molecule has 0 aliphatic rings. The molecule has 2 rings (SSSR count). The number of fused-ring (bicyclic) bond motifs is 1. The molecule has 1 amide bonds. The molecule has 0 aliphatic heterocycles. The van der Waals surface area contributed by atoms with Crippen molar-refractivity contribution < 1.29 is 9.53 Å². The van der Waals surface area contributed by atoms with Crippen LogP contribution in [0.3, 0.4) is 0 Å². The smallest absolute Gasteiger partial charge is 0.221 e. The average molecular weight is 294 g/mol. The summed E-state index contributed by atoms with van der Waals surface area (Å²) in [6.45, 7) is 4.18. The summed E-state index contributed by atoms with van der Waals surface area (Å²) in [5.41, 5.74) is 0.891. The van der Waals surface area contributed by atoms with E-state index < -0.39 is 0 Å². The van der Waals surface area contributed by atoms with Crippen molar-refractivity contribution in [3.63, 3.8) is 0 Å². The first-order valence-corrected chi connectivity index (χ1v) is 7.10. The predicted molar refractivity (Wildman–Crippen MR) is 87.5 cm³/mol. The van der Waals surface area contributed by atoms with Crippen LogP contribution in [0.15, 0.2) is 49.2 Å². The van der Waals surface area contributed by atoms with Gasteiger partial charge in [-0.25, -0.2) is 0 Å². The molecule has 0 spiro atoms. The Balaban J connectivity index is 1.75. The molecule has 1 aromatic carbocycles. The van der Waals surface area contributed by atoms with Gasteiger partial charge in [-0.1, -0.05) is 24.0 Å². The van der Waals surface area contributed by atoms with E-state index in [4.69, 9.17) is 4.74 Å². The molecule has 1 N–H and O–H groups in total. The lowest BCUT2D eigenvalue weighted by molar-refractivity contribution is -0.120. The summed E-state index contributed by atoms with van der Waals surface area (Å²) >= 11 is 0. The fraction of sp³-hybridized carbons (Fsp3) is 0.222. The molecule has 4 nitrogen and oxygen atoms in total. The molecule has 0 fully saturated rings. The van der Waals surface area contributed by atoms with Crippen molar-refractivity contribution in [3.8, 4) is 17.6 Å². The molecule has 0 radical (unpaired) electrons. The third-order valence-corrected chi connectivity index (χ3v) is 2.96. The zero-order valence-corrected chi connectivity index (χ0v) is 12.3. The Hall–Kier alpha value is -2.80. The highest BCUT2D eigenvalue weighted by Gasteiger charge is 1.97. The third kappa shape index (κ3) is 4.95. The number of carbonyl (C=O) groups excluding carboxylic acids is 1. The minimum absolute atomic E-state index is 0.0179. The third-order valence-electron chi connectivity index (χ3n) is 2.96. The maximum atomic E-state index is 11.3. The second-order valence-electron chi connectivity index (χ2n) is 4.60. The zero-order chi connectivity index (χ0) is 15.6. The summed E-state index contributed by atoms with van der Waals surface area (Å²) in [5.74, 6) is 6.43. The van der Waals surface area contributed by atoms with Crippen LogP contribution in [0.25, 0.3) is 10.9 Å². The zero-order valence-electron chi connectivity index (χ0n) is 12.3. The van der Waals surface area contributed by atoms with Crippen molar-refractivity contribution in [2.75, 3.05) is 13.2 Å². The summed E-state index contributed by atoms with van der Waals surface area (Å²) in [6, 6.07) is 9.64. The number of amides is 1. The Morgan fingerprint density at radius 2 is 2.27 bits per heavy atom. The van der Waals surface area contributed by atoms with Crippen molar-refractivity contribution in [2.24, 2.45) is 0 Å². The van der Waals surface area contributed by atoms with Gasteiger partial charge >= 0.3 is 0 Å². The normalized spacial score (nSPS) is 9.64. The maximum absolute atomic E-state index is 11.3. The molecular weight excluding hydrogens is 276 g/mol. The number of nitrogens with one attached hydrogen (secondary N) is 1. The van der Waals surface area contributed by atoms with E-state index in [0.717, 1.165) is 16.7 Å². The summed E-state index contributed by atoms with van der Waals surface area (Å²) < 4.78 is 5.55. The molecule has 0 atom stereocenters. The van der Waals surface area contributed by atoms with Gasteiger partial charge in [-0.05, 0) is 24.6 Å². The lowest BCUT2D eigenvalue weighted by Crippen LogP contribution is -2.22. The summed E-state index contributed by atoms with van der Waals surface area (Å²) in [7, 11) is 0. The standard InChI is InChI=1S/C18H18N2O2/c1-2-3-8-18(21)20-11-4-5-13-22-16-10-9-15-7-6-12-19-17(15)14-16/h2,6-7,9-10,12,14H,1,3,8,11,13H2,(H,20,21). The number of rotatable bonds is 6. The Morgan fingerprint density at radius 1 is 1.36 bits per heavy atom. The van der Waals surface area contributed by atoms with Gasteiger partial charge in [-0.15, -0.1) is 6.58 Å². The number of allylic oxidation sites excluding steroid dienone is 1. The van der Waals surface area contributed by atoms with Gasteiger partial charge < -0.3 is 10.1 Å². The number of pyridine rings is 1. The first-order chi connectivity index (χ1) is 10.8. The molecule has 1 heterocycles. The van der Waals surface area contributed by atoms with Crippen molar-refractivity contribution in [2.45, 2.75) is 12.8 Å². The van der Waals surface area contributed by atoms with E-state index in [9.17, 15) is 4.79 Å². The Morgan fingerprint density at radius 3 is 3.14 bits per heavy atom. The number of benzene rings is 1. The molecule has 4 heteroatoms. The molecule has 0 saturated heterocycles. The van der Waals surface area contributed by atoms with Gasteiger partial charge in [0.15, 0.2) is 0 Å². The highest BCUT2D eigenvalue weighted by atomic mass is 16.5. The van der Waals surface area contributed by atoms with E-state index in [1.807, 2.05) is 30.3 Å². The van der Waals surface area contributed by atoms with Crippen LogP contribution in [0, 0.1) is 11.8 Å². The molecule has 1 aromatic heterocycles. The van der Waals surface area contributed by atoms with Crippen molar-refractivity contribution in [1.82, 2.24) is 10.3 Å². The van der Waals surface area contributed by atoms with Gasteiger partial charge in [0.05, 0.1) is 12.1 Å². The quantitative estimate of drug-likeness (QED) is 0.658. The van der Waals surface area contributed by atoms with Crippen LogP contribution >= 0.6 is 0 Å². The SMILES string of the molecule is C=CCCC(=O)NCC#CCOc1ccc2cccnc2c1. The van der Waals surface area contributed by atoms with E-state index in [1.54, 1.807) is 12.3 Å². The number of aromatic nitrogens is 1. The van der Waals surface area contributed by atoms with Crippen LogP contribution < -0.4 is 10.1 Å². The van der Waals surface area contributed by atoms with Crippen LogP contribution in [0.2, 0.25) is 0 Å². The van der Waals surface area contributed by atoms with Crippen molar-refractivity contribution in [1.29, 1.82) is 0 Å². The minimum atomic E-state index is -0.0179. The molecule has 22 heavy (non-hydrogen) atoms. The first kappa shape index (κ1) is 15.6. The van der Waals surface area contributed by atoms with Crippen LogP contribution in [-0.4, -0.2) is 24.0 Å². The minimum Gasteiger partial charge on any atom is -0.481 e. The highest BCUT2D eigenvalue weighted by Crippen LogP contribution is 2.18. The number of hydrogen-bond acceptors (Lipinski definition) is 3. The Bertz CT molecular complexity index is 714. The summed E-state index contributed by atoms with van der Waals surface area (Å²) in [6.07, 6.45) is 4.60. The molecule has 0 unspecified atom stereocenters. The molecular formula is C18H18N2O2. The second-order valence-corrected chi connectivity index (χ2v) is 4.60. The van der Waals surface area contributed by atoms with Gasteiger partial charge in [0.2, 0.25) is 5.91 Å². The number of hydrogen-bond donors (Lipinski definition) is 1. The van der Waals surface area contributed by atoms with E-state index in [-0.39, 0.29) is 12.5 Å². The molecule has 0 bridgehead atoms. The van der Waals surface area contributed by atoms with Gasteiger partial charge in [0.1, 0.15) is 12.4 Å². The first-order valence-electron chi connectivity index (χ1n) is 7.10. The fourth-order valence-corrected chi connectivity index (χ4v) is 1.83. The van der Waals surface area contributed by atoms with Gasteiger partial charge in [-0.2, -0.15) is 0 Å². The lowest BCUT2D eigenvalue weighted by atomic mass is 10.2. The predicted octanol–water partition coefficient (Wildman–Crippen LogP) is 2.70. The summed E-state index contributed by atoms with van der Waals surface area (Å²) in [5, 5.41) is 3.79. The molecule has 112 valence electrons. The van der Waals surface area contributed by atoms with Crippen LogP contribution in [0.5, 0.6) is 5.75 Å². The lowest BCUT2D eigenvalue weighted by Gasteiger charge is -2.03. The molecule has 0 aliphatic carbocycles. The number of carbonyl (C=O) groups is 1. The van der Waals surface area contributed by atoms with Crippen molar-refractivity contribution >= 4 is 16.8 Å². The van der Waals surface area contributed by atoms with Crippen LogP contribution in [-0.2, 0) is 4.79 Å². The van der Waals surface area contributed by atoms with Gasteiger partial charge in [0, 0.05) is 24.1 Å². The largest absolute Gasteiger partial charge is 0.481 e. The topological polar surface area (TPSA) is 51.2 Å². The van der Waals surface area contributed by atoms with E-state index in [0.29, 0.717) is 19.4 Å². The number of ether oxygens (including phenoxy) is 1. The molecule has 0 saturated carbocycles. The average Bonchev–Trinajstić information content (AvgIpc) is 2.56. The van der Waals surface area contributed by atoms with Crippen LogP contribution in [0.1, 0.15) is 12.8 Å². The van der Waals surface area contributed by atoms with Crippen LogP contribution in [0.4, 0.5) is 0 Å². The van der Waals surface area contributed by atoms with Crippen molar-refractivity contribution in [3.05, 3.63) is 49.2 Å². The highest BCUT2D eigenvalue weighted by molar-refractivity contribution is 5.79.